The Bertz CT molecular complexity index is 221. The normalized spacial score (nSPS) is 24.9. The summed E-state index contributed by atoms with van der Waals surface area (Å²) in [5.41, 5.74) is 2.27. The van der Waals surface area contributed by atoms with Crippen LogP contribution in [-0.2, 0) is 0 Å². The van der Waals surface area contributed by atoms with Crippen molar-refractivity contribution in [1.29, 1.82) is 0 Å². The molecule has 0 saturated carbocycles. The van der Waals surface area contributed by atoms with Crippen molar-refractivity contribution in [2.75, 3.05) is 0 Å². The highest BCUT2D eigenvalue weighted by atomic mass is 14.1. The van der Waals surface area contributed by atoms with E-state index in [4.69, 9.17) is 1.37 Å². The molecule has 1 aliphatic rings. The zero-order valence-corrected chi connectivity index (χ0v) is 6.48. The highest BCUT2D eigenvalue weighted by Crippen LogP contribution is 2.22. The van der Waals surface area contributed by atoms with Crippen LogP contribution in [0.4, 0.5) is 0 Å². The van der Waals surface area contributed by atoms with E-state index >= 15 is 0 Å². The topological polar surface area (TPSA) is 0 Å². The van der Waals surface area contributed by atoms with E-state index < -0.39 is 0 Å². The van der Waals surface area contributed by atoms with Gasteiger partial charge in [0.05, 0.1) is 1.37 Å². The van der Waals surface area contributed by atoms with Gasteiger partial charge in [-0.05, 0) is 31.8 Å². The summed E-state index contributed by atoms with van der Waals surface area (Å²) in [7, 11) is 0. The molecule has 0 heterocycles. The zero-order valence-electron chi connectivity index (χ0n) is 7.48. The average molecular weight is 135 g/mol. The highest BCUT2D eigenvalue weighted by molar-refractivity contribution is 5.31. The van der Waals surface area contributed by atoms with Gasteiger partial charge in [-0.25, -0.2) is 0 Å². The van der Waals surface area contributed by atoms with Crippen LogP contribution < -0.4 is 0 Å². The van der Waals surface area contributed by atoms with Gasteiger partial charge in [-0.3, -0.25) is 0 Å². The van der Waals surface area contributed by atoms with Crippen LogP contribution in [0.5, 0.6) is 0 Å². The third-order valence-corrected chi connectivity index (χ3v) is 1.81. The first-order valence-electron chi connectivity index (χ1n) is 4.27. The third-order valence-electron chi connectivity index (χ3n) is 1.81. The molecule has 54 valence electrons. The summed E-state index contributed by atoms with van der Waals surface area (Å²) in [5.74, 6) is 0. The molecule has 0 aromatic rings. The molecule has 10 heavy (non-hydrogen) atoms. The lowest BCUT2D eigenvalue weighted by molar-refractivity contribution is 0.797. The summed E-state index contributed by atoms with van der Waals surface area (Å²) in [6.07, 6.45) is 7.10. The van der Waals surface area contributed by atoms with E-state index in [-0.39, 0.29) is 0 Å². The summed E-state index contributed by atoms with van der Waals surface area (Å²) >= 11 is 0. The zero-order chi connectivity index (χ0) is 8.27. The molecule has 0 amide bonds. The van der Waals surface area contributed by atoms with Crippen molar-refractivity contribution in [1.82, 2.24) is 0 Å². The van der Waals surface area contributed by atoms with Gasteiger partial charge in [0, 0.05) is 0 Å². The van der Waals surface area contributed by atoms with Crippen LogP contribution in [0.25, 0.3) is 0 Å². The fraction of sp³-hybridized carbons (Fsp3) is 0.400. The number of allylic oxidation sites excluding steroid dienone is 5. The minimum absolute atomic E-state index is 0.703. The van der Waals surface area contributed by atoms with E-state index in [9.17, 15) is 0 Å². The maximum Gasteiger partial charge on any atom is 0.0628 e. The molecule has 0 nitrogen and oxygen atoms in total. The quantitative estimate of drug-likeness (QED) is 0.518. The number of rotatable bonds is 1. The van der Waals surface area contributed by atoms with E-state index in [2.05, 4.69) is 6.58 Å². The van der Waals surface area contributed by atoms with Gasteiger partial charge >= 0.3 is 0 Å². The van der Waals surface area contributed by atoms with Crippen molar-refractivity contribution in [3.8, 4) is 0 Å². The lowest BCUT2D eigenvalue weighted by atomic mass is 9.95. The molecule has 0 fully saturated rings. The predicted molar refractivity (Wildman–Crippen MR) is 45.9 cm³/mol. The van der Waals surface area contributed by atoms with Crippen LogP contribution in [0.3, 0.4) is 0 Å². The first-order valence-corrected chi connectivity index (χ1v) is 3.77. The standard InChI is InChI=1S/C10H14/c1-3-9-6-5-7-10(4-2)8-9/h3-4,8H,1,5-7H2,2H3/b10-4+/i8D. The van der Waals surface area contributed by atoms with Crippen molar-refractivity contribution in [3.05, 3.63) is 35.9 Å². The summed E-state index contributed by atoms with van der Waals surface area (Å²) in [6, 6.07) is 0.703. The molecule has 0 atom stereocenters. The molecular weight excluding hydrogens is 120 g/mol. The van der Waals surface area contributed by atoms with Crippen molar-refractivity contribution >= 4 is 0 Å². The van der Waals surface area contributed by atoms with E-state index in [0.717, 1.165) is 18.4 Å². The fourth-order valence-corrected chi connectivity index (χ4v) is 1.17. The van der Waals surface area contributed by atoms with E-state index in [1.165, 1.54) is 12.0 Å². The fourth-order valence-electron chi connectivity index (χ4n) is 1.17. The lowest BCUT2D eigenvalue weighted by Crippen LogP contribution is -1.91. The Balaban J connectivity index is 2.97. The Hall–Kier alpha value is -0.780. The molecule has 1 rings (SSSR count). The molecule has 0 bridgehead atoms. The second-order valence-electron chi connectivity index (χ2n) is 2.52. The molecule has 0 aromatic carbocycles. The second kappa shape index (κ2) is 3.40. The Morgan fingerprint density at radius 2 is 2.50 bits per heavy atom. The number of hydrogen-bond acceptors (Lipinski definition) is 0. The van der Waals surface area contributed by atoms with Crippen LogP contribution in [0.15, 0.2) is 35.9 Å². The van der Waals surface area contributed by atoms with Gasteiger partial charge in [-0.1, -0.05) is 30.4 Å². The van der Waals surface area contributed by atoms with Gasteiger partial charge in [0.1, 0.15) is 0 Å². The summed E-state index contributed by atoms with van der Waals surface area (Å²) < 4.78 is 7.73. The van der Waals surface area contributed by atoms with Crippen LogP contribution in [0, 0.1) is 0 Å². The van der Waals surface area contributed by atoms with Crippen LogP contribution in [0.2, 0.25) is 0 Å². The van der Waals surface area contributed by atoms with Gasteiger partial charge in [-0.15, -0.1) is 0 Å². The maximum absolute atomic E-state index is 7.73. The van der Waals surface area contributed by atoms with Crippen LogP contribution in [-0.4, -0.2) is 0 Å². The molecule has 0 aromatic heterocycles. The van der Waals surface area contributed by atoms with Crippen LogP contribution >= 0.6 is 0 Å². The van der Waals surface area contributed by atoms with Crippen molar-refractivity contribution in [3.63, 3.8) is 0 Å². The molecule has 0 unspecified atom stereocenters. The maximum atomic E-state index is 7.73. The van der Waals surface area contributed by atoms with E-state index in [1.807, 2.05) is 19.1 Å². The van der Waals surface area contributed by atoms with Crippen LogP contribution in [0.1, 0.15) is 27.6 Å². The predicted octanol–water partition coefficient (Wildman–Crippen LogP) is 3.23. The van der Waals surface area contributed by atoms with E-state index in [0.29, 0.717) is 6.05 Å². The number of hydrogen-bond donors (Lipinski definition) is 0. The summed E-state index contributed by atoms with van der Waals surface area (Å²) in [5, 5.41) is 0. The van der Waals surface area contributed by atoms with Gasteiger partial charge in [-0.2, -0.15) is 0 Å². The monoisotopic (exact) mass is 135 g/mol. The molecule has 0 N–H and O–H groups in total. The highest BCUT2D eigenvalue weighted by Gasteiger charge is 2.02. The summed E-state index contributed by atoms with van der Waals surface area (Å²) in [6.45, 7) is 5.69. The van der Waals surface area contributed by atoms with Crippen molar-refractivity contribution in [2.45, 2.75) is 26.2 Å². The van der Waals surface area contributed by atoms with Crippen molar-refractivity contribution in [2.24, 2.45) is 0 Å². The largest absolute Gasteiger partial charge is 0.0988 e. The third kappa shape index (κ3) is 1.60. The molecule has 0 saturated heterocycles. The first kappa shape index (κ1) is 5.96. The molecule has 0 radical (unpaired) electrons. The molecule has 0 aliphatic heterocycles. The molecular formula is C10H14. The van der Waals surface area contributed by atoms with E-state index in [1.54, 1.807) is 0 Å². The summed E-state index contributed by atoms with van der Waals surface area (Å²) in [4.78, 5) is 0. The average Bonchev–Trinajstić information content (AvgIpc) is 2.05. The minimum Gasteiger partial charge on any atom is -0.0988 e. The molecule has 0 heteroatoms. The van der Waals surface area contributed by atoms with Gasteiger partial charge in [0.25, 0.3) is 0 Å². The molecule has 1 aliphatic carbocycles. The molecule has 0 spiro atoms. The smallest absolute Gasteiger partial charge is 0.0628 e. The second-order valence-corrected chi connectivity index (χ2v) is 2.52. The van der Waals surface area contributed by atoms with Gasteiger partial charge < -0.3 is 0 Å². The lowest BCUT2D eigenvalue weighted by Gasteiger charge is -2.10. The minimum atomic E-state index is 0.703. The SMILES string of the molecule is [2H]C1=C(C=C)CCC/C1=C\C. The van der Waals surface area contributed by atoms with Gasteiger partial charge in [0.2, 0.25) is 0 Å². The Morgan fingerprint density at radius 3 is 3.10 bits per heavy atom. The Morgan fingerprint density at radius 1 is 1.70 bits per heavy atom. The Kier molecular flexibility index (Phi) is 2.03. The Labute approximate surface area is 64.4 Å². The van der Waals surface area contributed by atoms with Gasteiger partial charge in [0.15, 0.2) is 0 Å². The van der Waals surface area contributed by atoms with Crippen molar-refractivity contribution < 1.29 is 1.37 Å². The first-order chi connectivity index (χ1) is 5.29.